The minimum Gasteiger partial charge on any atom is -0.480 e. The number of pyridine rings is 1. The maximum Gasteiger partial charge on any atom is 0.317 e. The van der Waals surface area contributed by atoms with Gasteiger partial charge in [0.2, 0.25) is 5.91 Å². The van der Waals surface area contributed by atoms with E-state index in [4.69, 9.17) is 10.8 Å². The molecule has 7 nitrogen and oxygen atoms in total. The average Bonchev–Trinajstić information content (AvgIpc) is 2.47. The van der Waals surface area contributed by atoms with Gasteiger partial charge < -0.3 is 21.1 Å². The van der Waals surface area contributed by atoms with Gasteiger partial charge in [0, 0.05) is 31.4 Å². The van der Waals surface area contributed by atoms with Gasteiger partial charge in [0.1, 0.15) is 5.82 Å². The molecule has 0 radical (unpaired) electrons. The number of amides is 1. The second-order valence-electron chi connectivity index (χ2n) is 5.25. The fourth-order valence-corrected chi connectivity index (χ4v) is 2.57. The predicted molar refractivity (Wildman–Crippen MR) is 78.2 cm³/mol. The van der Waals surface area contributed by atoms with Crippen molar-refractivity contribution in [1.29, 1.82) is 0 Å². The number of hydrogen-bond donors (Lipinski definition) is 3. The lowest BCUT2D eigenvalue weighted by Gasteiger charge is -2.33. The van der Waals surface area contributed by atoms with Crippen LogP contribution in [0.3, 0.4) is 0 Å². The van der Waals surface area contributed by atoms with E-state index in [0.29, 0.717) is 18.0 Å². The highest BCUT2D eigenvalue weighted by atomic mass is 16.4. The molecule has 1 unspecified atom stereocenters. The molecular weight excluding hydrogens is 272 g/mol. The monoisotopic (exact) mass is 292 g/mol. The molecule has 114 valence electrons. The number of carbonyl (C=O) groups excluding carboxylic acids is 1. The van der Waals surface area contributed by atoms with Crippen molar-refractivity contribution >= 4 is 17.7 Å². The average molecular weight is 292 g/mol. The standard InChI is InChI=1S/C14H20N4O3/c15-14(21)11-3-4-17-12(6-11)18-5-1-2-10(9-18)7-16-8-13(19)20/h3-4,6,10,16H,1-2,5,7-9H2,(H2,15,21)(H,19,20). The molecule has 21 heavy (non-hydrogen) atoms. The molecule has 1 amide bonds. The van der Waals surface area contributed by atoms with E-state index in [1.54, 1.807) is 18.3 Å². The Morgan fingerprint density at radius 3 is 3.05 bits per heavy atom. The molecular formula is C14H20N4O3. The molecule has 0 bridgehead atoms. The highest BCUT2D eigenvalue weighted by Crippen LogP contribution is 2.21. The van der Waals surface area contributed by atoms with E-state index >= 15 is 0 Å². The fourth-order valence-electron chi connectivity index (χ4n) is 2.57. The van der Waals surface area contributed by atoms with Crippen LogP contribution >= 0.6 is 0 Å². The number of carboxylic acid groups (broad SMARTS) is 1. The van der Waals surface area contributed by atoms with E-state index in [2.05, 4.69) is 15.2 Å². The van der Waals surface area contributed by atoms with E-state index in [9.17, 15) is 9.59 Å². The van der Waals surface area contributed by atoms with E-state index in [0.717, 1.165) is 31.7 Å². The minimum absolute atomic E-state index is 0.0219. The SMILES string of the molecule is NC(=O)c1ccnc(N2CCCC(CNCC(=O)O)C2)c1. The van der Waals surface area contributed by atoms with Crippen molar-refractivity contribution in [3.63, 3.8) is 0 Å². The van der Waals surface area contributed by atoms with Crippen molar-refractivity contribution in [3.8, 4) is 0 Å². The van der Waals surface area contributed by atoms with Gasteiger partial charge in [-0.2, -0.15) is 0 Å². The Labute approximate surface area is 123 Å². The first kappa shape index (κ1) is 15.2. The number of carboxylic acids is 1. The van der Waals surface area contributed by atoms with Gasteiger partial charge in [-0.3, -0.25) is 9.59 Å². The summed E-state index contributed by atoms with van der Waals surface area (Å²) in [4.78, 5) is 28.1. The quantitative estimate of drug-likeness (QED) is 0.684. The third-order valence-electron chi connectivity index (χ3n) is 3.58. The van der Waals surface area contributed by atoms with E-state index < -0.39 is 11.9 Å². The fraction of sp³-hybridized carbons (Fsp3) is 0.500. The Balaban J connectivity index is 1.95. The molecule has 0 saturated carbocycles. The van der Waals surface area contributed by atoms with Crippen LogP contribution in [0, 0.1) is 5.92 Å². The lowest BCUT2D eigenvalue weighted by atomic mass is 9.98. The largest absolute Gasteiger partial charge is 0.480 e. The topological polar surface area (TPSA) is 109 Å². The van der Waals surface area contributed by atoms with E-state index in [1.807, 2.05) is 0 Å². The second-order valence-corrected chi connectivity index (χ2v) is 5.25. The number of nitrogens with zero attached hydrogens (tertiary/aromatic N) is 2. The Hall–Kier alpha value is -2.15. The highest BCUT2D eigenvalue weighted by Gasteiger charge is 2.21. The van der Waals surface area contributed by atoms with Crippen LogP contribution in [-0.4, -0.2) is 48.1 Å². The summed E-state index contributed by atoms with van der Waals surface area (Å²) < 4.78 is 0. The van der Waals surface area contributed by atoms with Crippen molar-refractivity contribution in [2.45, 2.75) is 12.8 Å². The molecule has 1 aliphatic rings. The third kappa shape index (κ3) is 4.42. The molecule has 0 aromatic carbocycles. The molecule has 2 heterocycles. The van der Waals surface area contributed by atoms with Crippen LogP contribution in [0.15, 0.2) is 18.3 Å². The van der Waals surface area contributed by atoms with Gasteiger partial charge in [-0.25, -0.2) is 4.98 Å². The first-order chi connectivity index (χ1) is 10.1. The van der Waals surface area contributed by atoms with Crippen LogP contribution in [0.1, 0.15) is 23.2 Å². The first-order valence-corrected chi connectivity index (χ1v) is 6.99. The van der Waals surface area contributed by atoms with Crippen molar-refractivity contribution in [2.75, 3.05) is 31.1 Å². The van der Waals surface area contributed by atoms with Crippen LogP contribution in [0.4, 0.5) is 5.82 Å². The smallest absolute Gasteiger partial charge is 0.317 e. The van der Waals surface area contributed by atoms with Crippen molar-refractivity contribution in [3.05, 3.63) is 23.9 Å². The summed E-state index contributed by atoms with van der Waals surface area (Å²) in [5, 5.41) is 11.6. The Morgan fingerprint density at radius 1 is 1.52 bits per heavy atom. The van der Waals surface area contributed by atoms with Gasteiger partial charge in [-0.05, 0) is 30.9 Å². The molecule has 4 N–H and O–H groups in total. The summed E-state index contributed by atoms with van der Waals surface area (Å²) in [6.45, 7) is 2.32. The van der Waals surface area contributed by atoms with Crippen LogP contribution in [0.5, 0.6) is 0 Å². The number of aliphatic carboxylic acids is 1. The Bertz CT molecular complexity index is 521. The van der Waals surface area contributed by atoms with Gasteiger partial charge in [0.25, 0.3) is 0 Å². The number of carbonyl (C=O) groups is 2. The maximum atomic E-state index is 11.2. The van der Waals surface area contributed by atoms with E-state index in [-0.39, 0.29) is 6.54 Å². The normalized spacial score (nSPS) is 18.5. The second kappa shape index (κ2) is 7.03. The predicted octanol–water partition coefficient (Wildman–Crippen LogP) is 0.0711. The number of rotatable bonds is 6. The molecule has 1 atom stereocenters. The van der Waals surface area contributed by atoms with Crippen LogP contribution in [0.25, 0.3) is 0 Å². The van der Waals surface area contributed by atoms with Gasteiger partial charge >= 0.3 is 5.97 Å². The molecule has 0 aliphatic carbocycles. The number of nitrogens with one attached hydrogen (secondary N) is 1. The number of hydrogen-bond acceptors (Lipinski definition) is 5. The lowest BCUT2D eigenvalue weighted by molar-refractivity contribution is -0.136. The van der Waals surface area contributed by atoms with Gasteiger partial charge in [0.15, 0.2) is 0 Å². The number of nitrogens with two attached hydrogens (primary N) is 1. The number of primary amides is 1. The van der Waals surface area contributed by atoms with Gasteiger partial charge in [-0.1, -0.05) is 0 Å². The third-order valence-corrected chi connectivity index (χ3v) is 3.58. The first-order valence-electron chi connectivity index (χ1n) is 6.99. The van der Waals surface area contributed by atoms with Crippen LogP contribution in [0.2, 0.25) is 0 Å². The summed E-state index contributed by atoms with van der Waals surface area (Å²) in [7, 11) is 0. The molecule has 1 saturated heterocycles. The van der Waals surface area contributed by atoms with Gasteiger partial charge in [-0.15, -0.1) is 0 Å². The molecule has 1 aliphatic heterocycles. The lowest BCUT2D eigenvalue weighted by Crippen LogP contribution is -2.41. The number of piperidine rings is 1. The molecule has 1 fully saturated rings. The molecule has 1 aromatic heterocycles. The highest BCUT2D eigenvalue weighted by molar-refractivity contribution is 5.93. The summed E-state index contributed by atoms with van der Waals surface area (Å²) >= 11 is 0. The van der Waals surface area contributed by atoms with Crippen molar-refractivity contribution in [2.24, 2.45) is 11.7 Å². The van der Waals surface area contributed by atoms with Gasteiger partial charge in [0.05, 0.1) is 6.54 Å². The summed E-state index contributed by atoms with van der Waals surface area (Å²) in [6, 6.07) is 3.30. The van der Waals surface area contributed by atoms with E-state index in [1.165, 1.54) is 0 Å². The van der Waals surface area contributed by atoms with Crippen LogP contribution in [-0.2, 0) is 4.79 Å². The summed E-state index contributed by atoms with van der Waals surface area (Å²) in [5.74, 6) is -0.194. The minimum atomic E-state index is -0.849. The maximum absolute atomic E-state index is 11.2. The van der Waals surface area contributed by atoms with Crippen LogP contribution < -0.4 is 16.0 Å². The number of anilines is 1. The molecule has 7 heteroatoms. The zero-order valence-electron chi connectivity index (χ0n) is 11.8. The number of aromatic nitrogens is 1. The summed E-state index contributed by atoms with van der Waals surface area (Å²) in [6.07, 6.45) is 3.66. The zero-order valence-corrected chi connectivity index (χ0v) is 11.8. The van der Waals surface area contributed by atoms with Crippen molar-refractivity contribution in [1.82, 2.24) is 10.3 Å². The summed E-state index contributed by atoms with van der Waals surface area (Å²) in [5.41, 5.74) is 5.73. The molecule has 2 rings (SSSR count). The Morgan fingerprint density at radius 2 is 2.33 bits per heavy atom. The Kier molecular flexibility index (Phi) is 5.10. The molecule has 1 aromatic rings. The zero-order chi connectivity index (χ0) is 15.2. The molecule has 0 spiro atoms. The van der Waals surface area contributed by atoms with Crippen molar-refractivity contribution < 1.29 is 14.7 Å².